The second kappa shape index (κ2) is 8.28. The lowest BCUT2D eigenvalue weighted by molar-refractivity contribution is 0.224. The number of guanidine groups is 1. The van der Waals surface area contributed by atoms with Crippen LogP contribution in [0.15, 0.2) is 29.3 Å². The maximum atomic E-state index is 6.14. The summed E-state index contributed by atoms with van der Waals surface area (Å²) >= 11 is 6.14. The van der Waals surface area contributed by atoms with Crippen molar-refractivity contribution in [2.75, 3.05) is 20.1 Å². The fourth-order valence-corrected chi connectivity index (χ4v) is 3.68. The molecule has 1 saturated heterocycles. The van der Waals surface area contributed by atoms with E-state index in [0.29, 0.717) is 29.4 Å². The van der Waals surface area contributed by atoms with Gasteiger partial charge >= 0.3 is 0 Å². The molecule has 3 atom stereocenters. The summed E-state index contributed by atoms with van der Waals surface area (Å²) in [6, 6.07) is 9.49. The number of rotatable bonds is 6. The second-order valence-electron chi connectivity index (χ2n) is 7.17. The van der Waals surface area contributed by atoms with E-state index < -0.39 is 0 Å². The molecule has 2 fully saturated rings. The summed E-state index contributed by atoms with van der Waals surface area (Å²) in [5, 5.41) is 7.55. The van der Waals surface area contributed by atoms with Crippen LogP contribution in [0.4, 0.5) is 0 Å². The van der Waals surface area contributed by atoms with Crippen LogP contribution in [0.5, 0.6) is 5.75 Å². The van der Waals surface area contributed by atoms with Crippen LogP contribution in [0.1, 0.15) is 33.1 Å². The Morgan fingerprint density at radius 1 is 1.40 bits per heavy atom. The summed E-state index contributed by atoms with van der Waals surface area (Å²) in [4.78, 5) is 6.99. The number of likely N-dealkylation sites (tertiary alicyclic amines) is 1. The average molecular weight is 365 g/mol. The van der Waals surface area contributed by atoms with E-state index in [0.717, 1.165) is 18.5 Å². The fourth-order valence-electron chi connectivity index (χ4n) is 3.50. The van der Waals surface area contributed by atoms with Crippen molar-refractivity contribution in [1.29, 1.82) is 0 Å². The number of hydrogen-bond acceptors (Lipinski definition) is 3. The van der Waals surface area contributed by atoms with E-state index in [9.17, 15) is 0 Å². The van der Waals surface area contributed by atoms with Gasteiger partial charge in [-0.25, -0.2) is 0 Å². The molecular weight excluding hydrogens is 336 g/mol. The molecule has 3 rings (SSSR count). The number of ether oxygens (including phenoxy) is 1. The van der Waals surface area contributed by atoms with Gasteiger partial charge in [0.2, 0.25) is 0 Å². The Hall–Kier alpha value is -1.46. The smallest absolute Gasteiger partial charge is 0.191 e. The Morgan fingerprint density at radius 3 is 2.84 bits per heavy atom. The van der Waals surface area contributed by atoms with Crippen molar-refractivity contribution in [2.24, 2.45) is 4.99 Å². The monoisotopic (exact) mass is 364 g/mol. The fraction of sp³-hybridized carbons (Fsp3) is 0.632. The number of nitrogens with one attached hydrogen (secondary N) is 2. The summed E-state index contributed by atoms with van der Waals surface area (Å²) in [5.41, 5.74) is 0. The minimum Gasteiger partial charge on any atom is -0.487 e. The Balaban J connectivity index is 1.44. The van der Waals surface area contributed by atoms with E-state index in [1.54, 1.807) is 0 Å². The van der Waals surface area contributed by atoms with E-state index in [2.05, 4.69) is 27.4 Å². The molecule has 0 spiro atoms. The zero-order valence-electron chi connectivity index (χ0n) is 15.3. The lowest BCUT2D eigenvalue weighted by Crippen LogP contribution is -2.47. The van der Waals surface area contributed by atoms with Crippen LogP contribution in [-0.4, -0.2) is 55.2 Å². The van der Waals surface area contributed by atoms with Crippen molar-refractivity contribution in [1.82, 2.24) is 15.5 Å². The number of para-hydroxylation sites is 1. The zero-order chi connectivity index (χ0) is 17.8. The topological polar surface area (TPSA) is 48.9 Å². The van der Waals surface area contributed by atoms with E-state index in [4.69, 9.17) is 16.3 Å². The van der Waals surface area contributed by atoms with Crippen LogP contribution in [-0.2, 0) is 0 Å². The lowest BCUT2D eigenvalue weighted by atomic mass is 10.2. The second-order valence-corrected chi connectivity index (χ2v) is 7.57. The molecule has 1 aliphatic carbocycles. The van der Waals surface area contributed by atoms with Gasteiger partial charge in [0.05, 0.1) is 11.6 Å². The Morgan fingerprint density at radius 2 is 2.16 bits per heavy atom. The molecule has 138 valence electrons. The predicted octanol–water partition coefficient (Wildman–Crippen LogP) is 2.90. The van der Waals surface area contributed by atoms with E-state index in [-0.39, 0.29) is 6.10 Å². The first-order valence-electron chi connectivity index (χ1n) is 9.21. The van der Waals surface area contributed by atoms with Crippen molar-refractivity contribution in [3.63, 3.8) is 0 Å². The van der Waals surface area contributed by atoms with Gasteiger partial charge in [-0.3, -0.25) is 9.89 Å². The molecule has 25 heavy (non-hydrogen) atoms. The first-order chi connectivity index (χ1) is 12.1. The van der Waals surface area contributed by atoms with Gasteiger partial charge in [0, 0.05) is 31.7 Å². The molecule has 6 heteroatoms. The molecule has 0 radical (unpaired) electrons. The Bertz CT molecular complexity index is 605. The van der Waals surface area contributed by atoms with Gasteiger partial charge in [0.1, 0.15) is 11.9 Å². The summed E-state index contributed by atoms with van der Waals surface area (Å²) in [6.07, 6.45) is 3.88. The third kappa shape index (κ3) is 5.02. The number of aliphatic imine (C=N–C) groups is 1. The summed E-state index contributed by atoms with van der Waals surface area (Å²) in [6.45, 7) is 6.13. The standard InChI is InChI=1S/C19H29ClN4O/c1-13-10-15(12-24(13)16-8-9-16)23-19(21-3)22-11-14(2)25-18-7-5-4-6-17(18)20/h4-7,13-16H,8-12H2,1-3H3,(H2,21,22,23). The van der Waals surface area contributed by atoms with Crippen LogP contribution in [0.25, 0.3) is 0 Å². The molecule has 1 aromatic carbocycles. The van der Waals surface area contributed by atoms with Crippen LogP contribution in [0, 0.1) is 0 Å². The molecule has 5 nitrogen and oxygen atoms in total. The van der Waals surface area contributed by atoms with Gasteiger partial charge in [-0.2, -0.15) is 0 Å². The maximum absolute atomic E-state index is 6.14. The highest BCUT2D eigenvalue weighted by molar-refractivity contribution is 6.32. The molecule has 1 aromatic rings. The molecule has 2 aliphatic rings. The maximum Gasteiger partial charge on any atom is 0.191 e. The van der Waals surface area contributed by atoms with Gasteiger partial charge in [-0.15, -0.1) is 0 Å². The van der Waals surface area contributed by atoms with Gasteiger partial charge in [0.15, 0.2) is 5.96 Å². The lowest BCUT2D eigenvalue weighted by Gasteiger charge is -2.21. The molecule has 1 heterocycles. The summed E-state index contributed by atoms with van der Waals surface area (Å²) in [5.74, 6) is 1.55. The molecule has 0 amide bonds. The highest BCUT2D eigenvalue weighted by Gasteiger charge is 2.38. The zero-order valence-corrected chi connectivity index (χ0v) is 16.1. The Kier molecular flexibility index (Phi) is 6.07. The third-order valence-corrected chi connectivity index (χ3v) is 5.24. The van der Waals surface area contributed by atoms with Crippen molar-refractivity contribution in [2.45, 2.75) is 57.3 Å². The Labute approximate surface area is 155 Å². The molecular formula is C19H29ClN4O. The molecule has 2 N–H and O–H groups in total. The molecule has 0 bridgehead atoms. The average Bonchev–Trinajstić information content (AvgIpc) is 3.37. The van der Waals surface area contributed by atoms with Crippen LogP contribution in [0.2, 0.25) is 5.02 Å². The predicted molar refractivity (Wildman–Crippen MR) is 104 cm³/mol. The normalized spacial score (nSPS) is 25.7. The third-order valence-electron chi connectivity index (χ3n) is 4.93. The van der Waals surface area contributed by atoms with Crippen LogP contribution < -0.4 is 15.4 Å². The number of halogens is 1. The van der Waals surface area contributed by atoms with E-state index >= 15 is 0 Å². The highest BCUT2D eigenvalue weighted by Crippen LogP contribution is 2.33. The van der Waals surface area contributed by atoms with Gasteiger partial charge in [0.25, 0.3) is 0 Å². The van der Waals surface area contributed by atoms with Gasteiger partial charge in [-0.05, 0) is 45.2 Å². The van der Waals surface area contributed by atoms with Crippen LogP contribution in [0.3, 0.4) is 0 Å². The largest absolute Gasteiger partial charge is 0.487 e. The van der Waals surface area contributed by atoms with Crippen molar-refractivity contribution < 1.29 is 4.74 Å². The van der Waals surface area contributed by atoms with Crippen molar-refractivity contribution in [3.8, 4) is 5.75 Å². The van der Waals surface area contributed by atoms with Crippen LogP contribution >= 0.6 is 11.6 Å². The molecule has 3 unspecified atom stereocenters. The summed E-state index contributed by atoms with van der Waals surface area (Å²) < 4.78 is 5.90. The molecule has 1 saturated carbocycles. The van der Waals surface area contributed by atoms with E-state index in [1.165, 1.54) is 19.3 Å². The number of hydrogen-bond donors (Lipinski definition) is 2. The van der Waals surface area contributed by atoms with Gasteiger partial charge in [-0.1, -0.05) is 23.7 Å². The first-order valence-corrected chi connectivity index (χ1v) is 9.58. The highest BCUT2D eigenvalue weighted by atomic mass is 35.5. The SMILES string of the molecule is CN=C(NCC(C)Oc1ccccc1Cl)NC1CC(C)N(C2CC2)C1. The van der Waals surface area contributed by atoms with Crippen molar-refractivity contribution in [3.05, 3.63) is 29.3 Å². The molecule has 0 aromatic heterocycles. The number of benzene rings is 1. The quantitative estimate of drug-likeness (QED) is 0.602. The minimum absolute atomic E-state index is 0.0103. The first kappa shape index (κ1) is 18.3. The van der Waals surface area contributed by atoms with Gasteiger partial charge < -0.3 is 15.4 Å². The molecule has 1 aliphatic heterocycles. The number of nitrogens with zero attached hydrogens (tertiary/aromatic N) is 2. The van der Waals surface area contributed by atoms with E-state index in [1.807, 2.05) is 38.2 Å². The summed E-state index contributed by atoms with van der Waals surface area (Å²) in [7, 11) is 1.81. The minimum atomic E-state index is -0.0103. The van der Waals surface area contributed by atoms with Crippen molar-refractivity contribution >= 4 is 17.6 Å².